The van der Waals surface area contributed by atoms with Crippen LogP contribution in [0.2, 0.25) is 0 Å². The van der Waals surface area contributed by atoms with Crippen LogP contribution in [-0.4, -0.2) is 0 Å². The predicted octanol–water partition coefficient (Wildman–Crippen LogP) is 2.48. The second-order valence-electron chi connectivity index (χ2n) is 6.63. The normalized spacial score (nSPS) is 9.82. The molecule has 0 radical (unpaired) electrons. The zero-order valence-corrected chi connectivity index (χ0v) is 18.1. The molecular weight excluding hydrogens is 379 g/mol. The highest BCUT2D eigenvalue weighted by atomic mass is 35.5. The first-order valence-electron chi connectivity index (χ1n) is 9.30. The number of benzene rings is 4. The lowest BCUT2D eigenvalue weighted by Gasteiger charge is -2.10. The molecule has 4 aromatic rings. The van der Waals surface area contributed by atoms with Crippen LogP contribution in [0.1, 0.15) is 11.1 Å². The fourth-order valence-corrected chi connectivity index (χ4v) is 5.53. The van der Waals surface area contributed by atoms with E-state index >= 15 is 0 Å². The van der Waals surface area contributed by atoms with Crippen molar-refractivity contribution in [2.24, 2.45) is 0 Å². The van der Waals surface area contributed by atoms with Gasteiger partial charge in [0.25, 0.3) is 0 Å². The Morgan fingerprint density at radius 3 is 0.893 bits per heavy atom. The zero-order chi connectivity index (χ0) is 18.9. The summed E-state index contributed by atoms with van der Waals surface area (Å²) in [7, 11) is -0.877. The first-order valence-corrected chi connectivity index (χ1v) is 10.8. The number of hydrogen-bond acceptors (Lipinski definition) is 0. The minimum Gasteiger partial charge on any atom is -1.00 e. The van der Waals surface area contributed by atoms with Crippen molar-refractivity contribution in [2.45, 2.75) is 13.8 Å². The summed E-state index contributed by atoms with van der Waals surface area (Å²) >= 11 is 0. The summed E-state index contributed by atoms with van der Waals surface area (Å²) in [5.74, 6) is 0. The summed E-state index contributed by atoms with van der Waals surface area (Å²) in [5.41, 5.74) is 2.66. The maximum Gasteiger partial charge on any atom is 0.102 e. The van der Waals surface area contributed by atoms with Crippen molar-refractivity contribution < 1.29 is 12.4 Å². The molecule has 0 nitrogen and oxygen atoms in total. The van der Waals surface area contributed by atoms with Crippen molar-refractivity contribution in [3.05, 3.63) is 126 Å². The molecule has 0 heterocycles. The van der Waals surface area contributed by atoms with E-state index in [1.165, 1.54) is 27.0 Å². The van der Waals surface area contributed by atoms with Gasteiger partial charge in [0.1, 0.15) is 15.9 Å². The van der Waals surface area contributed by atoms with Gasteiger partial charge in [-0.2, -0.15) is 0 Å². The molecular formula is C26H26ClP. The predicted molar refractivity (Wildman–Crippen MR) is 122 cm³/mol. The Balaban J connectivity index is 0.000000264. The minimum absolute atomic E-state index is 0. The summed E-state index contributed by atoms with van der Waals surface area (Å²) in [6.07, 6.45) is 0. The molecule has 0 aliphatic rings. The van der Waals surface area contributed by atoms with Crippen LogP contribution in [0, 0.1) is 13.8 Å². The van der Waals surface area contributed by atoms with Crippen LogP contribution < -0.4 is 28.3 Å². The van der Waals surface area contributed by atoms with E-state index in [0.29, 0.717) is 0 Å². The van der Waals surface area contributed by atoms with E-state index in [4.69, 9.17) is 0 Å². The molecule has 0 aliphatic carbocycles. The van der Waals surface area contributed by atoms with E-state index in [9.17, 15) is 0 Å². The second kappa shape index (κ2) is 11.4. The maximum absolute atomic E-state index is 2.24. The number of aryl methyl sites for hydroxylation is 2. The Morgan fingerprint density at radius 1 is 0.393 bits per heavy atom. The van der Waals surface area contributed by atoms with Gasteiger partial charge in [0.2, 0.25) is 0 Å². The van der Waals surface area contributed by atoms with Gasteiger partial charge in [-0.25, -0.2) is 0 Å². The van der Waals surface area contributed by atoms with Gasteiger partial charge in [-0.15, -0.1) is 0 Å². The van der Waals surface area contributed by atoms with Gasteiger partial charge in [-0.1, -0.05) is 90.0 Å². The summed E-state index contributed by atoms with van der Waals surface area (Å²) in [4.78, 5) is 0. The van der Waals surface area contributed by atoms with Crippen molar-refractivity contribution in [3.8, 4) is 0 Å². The summed E-state index contributed by atoms with van der Waals surface area (Å²) in [6, 6.07) is 41.0. The average Bonchev–Trinajstić information content (AvgIpc) is 2.73. The van der Waals surface area contributed by atoms with Gasteiger partial charge in [0.15, 0.2) is 0 Å². The standard InChI is InChI=1S/C18H15P.C8H10.ClH/c1-4-10-16(11-5-1)19(17-12-6-2-7-13-17)18-14-8-3-9-15-18;1-7-3-5-8(2)6-4-7;/h1-15H;3-6H,1-2H3;1H. The molecule has 142 valence electrons. The molecule has 0 unspecified atom stereocenters. The summed E-state index contributed by atoms with van der Waals surface area (Å²) in [5, 5.41) is 4.31. The molecule has 0 bridgehead atoms. The average molecular weight is 405 g/mol. The third-order valence-electron chi connectivity index (χ3n) is 4.41. The summed E-state index contributed by atoms with van der Waals surface area (Å²) < 4.78 is 0. The fraction of sp³-hybridized carbons (Fsp3) is 0.0769. The maximum atomic E-state index is 2.24. The third-order valence-corrected chi connectivity index (χ3v) is 7.14. The van der Waals surface area contributed by atoms with Crippen LogP contribution in [-0.2, 0) is 0 Å². The Bertz CT molecular complexity index is 805. The molecule has 0 atom stereocenters. The highest BCUT2D eigenvalue weighted by Gasteiger charge is 2.24. The van der Waals surface area contributed by atoms with Crippen LogP contribution in [0.15, 0.2) is 115 Å². The van der Waals surface area contributed by atoms with Crippen molar-refractivity contribution in [3.63, 3.8) is 0 Å². The highest BCUT2D eigenvalue weighted by molar-refractivity contribution is 7.79. The Hall–Kier alpha value is -2.40. The molecule has 0 fully saturated rings. The lowest BCUT2D eigenvalue weighted by molar-refractivity contribution is -0.00000536. The van der Waals surface area contributed by atoms with Gasteiger partial charge in [0.05, 0.1) is 7.92 Å². The Kier molecular flexibility index (Phi) is 8.95. The van der Waals surface area contributed by atoms with E-state index in [-0.39, 0.29) is 12.4 Å². The molecule has 28 heavy (non-hydrogen) atoms. The van der Waals surface area contributed by atoms with Crippen molar-refractivity contribution in [1.82, 2.24) is 0 Å². The Labute approximate surface area is 176 Å². The monoisotopic (exact) mass is 404 g/mol. The molecule has 0 amide bonds. The second-order valence-corrected chi connectivity index (χ2v) is 9.11. The van der Waals surface area contributed by atoms with Crippen LogP contribution >= 0.6 is 7.92 Å². The minimum atomic E-state index is -0.877. The smallest absolute Gasteiger partial charge is 0.102 e. The van der Waals surface area contributed by atoms with E-state index in [2.05, 4.69) is 129 Å². The highest BCUT2D eigenvalue weighted by Crippen LogP contribution is 2.32. The molecule has 0 aliphatic heterocycles. The summed E-state index contributed by atoms with van der Waals surface area (Å²) in [6.45, 7) is 4.19. The molecule has 0 N–H and O–H groups in total. The fourth-order valence-electron chi connectivity index (χ4n) is 2.95. The largest absolute Gasteiger partial charge is 1.00 e. The van der Waals surface area contributed by atoms with E-state index < -0.39 is 7.92 Å². The van der Waals surface area contributed by atoms with Gasteiger partial charge in [0, 0.05) is 0 Å². The third kappa shape index (κ3) is 6.34. The van der Waals surface area contributed by atoms with Crippen LogP contribution in [0.3, 0.4) is 0 Å². The van der Waals surface area contributed by atoms with E-state index in [0.717, 1.165) is 0 Å². The SMILES string of the molecule is Cc1ccc(C)cc1.[Cl-].c1ccc([PH+](c2ccccc2)c2ccccc2)cc1. The molecule has 4 rings (SSSR count). The Morgan fingerprint density at radius 2 is 0.643 bits per heavy atom. The zero-order valence-electron chi connectivity index (χ0n) is 16.3. The van der Waals surface area contributed by atoms with Crippen molar-refractivity contribution in [1.29, 1.82) is 0 Å². The van der Waals surface area contributed by atoms with Crippen molar-refractivity contribution in [2.75, 3.05) is 0 Å². The number of halogens is 1. The number of rotatable bonds is 3. The molecule has 0 aromatic heterocycles. The van der Waals surface area contributed by atoms with Crippen LogP contribution in [0.25, 0.3) is 0 Å². The first kappa shape index (κ1) is 21.9. The van der Waals surface area contributed by atoms with Gasteiger partial charge < -0.3 is 12.4 Å². The molecule has 4 aromatic carbocycles. The van der Waals surface area contributed by atoms with Crippen LogP contribution in [0.4, 0.5) is 0 Å². The van der Waals surface area contributed by atoms with Gasteiger partial charge in [-0.05, 0) is 50.2 Å². The lowest BCUT2D eigenvalue weighted by Crippen LogP contribution is -3.00. The first-order chi connectivity index (χ1) is 13.2. The van der Waals surface area contributed by atoms with Crippen molar-refractivity contribution >= 4 is 23.8 Å². The number of hydrogen-bond donors (Lipinski definition) is 0. The van der Waals surface area contributed by atoms with Gasteiger partial charge >= 0.3 is 0 Å². The lowest BCUT2D eigenvalue weighted by atomic mass is 10.2. The van der Waals surface area contributed by atoms with E-state index in [1.807, 2.05) is 0 Å². The molecule has 0 saturated heterocycles. The molecule has 2 heteroatoms. The molecule has 0 saturated carbocycles. The quantitative estimate of drug-likeness (QED) is 0.460. The van der Waals surface area contributed by atoms with E-state index in [1.54, 1.807) is 0 Å². The van der Waals surface area contributed by atoms with Gasteiger partial charge in [-0.3, -0.25) is 0 Å². The topological polar surface area (TPSA) is 0 Å². The molecule has 0 spiro atoms. The van der Waals surface area contributed by atoms with Crippen LogP contribution in [0.5, 0.6) is 0 Å².